The van der Waals surface area contributed by atoms with Gasteiger partial charge in [-0.2, -0.15) is 0 Å². The van der Waals surface area contributed by atoms with Gasteiger partial charge in [0.25, 0.3) is 0 Å². The Hall–Kier alpha value is -0.870. The molecule has 1 aromatic rings. The summed E-state index contributed by atoms with van der Waals surface area (Å²) < 4.78 is 0.996. The van der Waals surface area contributed by atoms with E-state index in [0.717, 1.165) is 23.1 Å². The van der Waals surface area contributed by atoms with E-state index in [0.29, 0.717) is 12.5 Å². The van der Waals surface area contributed by atoms with Crippen LogP contribution in [-0.4, -0.2) is 25.5 Å². The van der Waals surface area contributed by atoms with Crippen molar-refractivity contribution in [1.29, 1.82) is 0 Å². The van der Waals surface area contributed by atoms with E-state index in [1.165, 1.54) is 12.8 Å². The zero-order valence-corrected chi connectivity index (χ0v) is 12.2. The maximum absolute atomic E-state index is 12.2. The number of carbonyl (C=O) groups excluding carboxylic acids is 1. The number of amides is 1. The summed E-state index contributed by atoms with van der Waals surface area (Å²) in [4.78, 5) is 13.9. The van der Waals surface area contributed by atoms with E-state index in [1.54, 1.807) is 4.90 Å². The zero-order valence-electron chi connectivity index (χ0n) is 10.7. The van der Waals surface area contributed by atoms with E-state index < -0.39 is 0 Å². The van der Waals surface area contributed by atoms with Crippen LogP contribution in [0.15, 0.2) is 28.7 Å². The Labute approximate surface area is 117 Å². The first kappa shape index (κ1) is 13.6. The van der Waals surface area contributed by atoms with Crippen LogP contribution >= 0.6 is 15.9 Å². The minimum atomic E-state index is 0.174. The molecular formula is C14H19BrN2O. The van der Waals surface area contributed by atoms with Crippen LogP contribution in [0.1, 0.15) is 25.7 Å². The van der Waals surface area contributed by atoms with Crippen LogP contribution in [0.5, 0.6) is 0 Å². The highest BCUT2D eigenvalue weighted by Gasteiger charge is 2.19. The number of halogens is 1. The van der Waals surface area contributed by atoms with Crippen LogP contribution in [0.25, 0.3) is 0 Å². The normalized spacial score (nSPS) is 19.6. The van der Waals surface area contributed by atoms with E-state index in [1.807, 2.05) is 31.3 Å². The number of nitrogens with zero attached hydrogens (tertiary/aromatic N) is 1. The van der Waals surface area contributed by atoms with E-state index in [-0.39, 0.29) is 5.91 Å². The Bertz CT molecular complexity index is 416. The van der Waals surface area contributed by atoms with Gasteiger partial charge in [0.2, 0.25) is 5.91 Å². The molecule has 2 rings (SSSR count). The topological polar surface area (TPSA) is 32.3 Å². The van der Waals surface area contributed by atoms with Gasteiger partial charge in [-0.25, -0.2) is 0 Å². The Morgan fingerprint density at radius 2 is 2.33 bits per heavy atom. The third-order valence-corrected chi connectivity index (χ3v) is 3.90. The standard InChI is InChI=1S/C14H19BrN2O/c1-17(13-7-4-5-11(15)9-13)14(18)10-12-6-2-3-8-16-12/h4-5,7,9,12,16H,2-3,6,8,10H2,1H3. The molecule has 3 nitrogen and oxygen atoms in total. The predicted molar refractivity (Wildman–Crippen MR) is 77.8 cm³/mol. The molecule has 1 heterocycles. The van der Waals surface area contributed by atoms with Crippen LogP contribution < -0.4 is 10.2 Å². The smallest absolute Gasteiger partial charge is 0.228 e. The number of rotatable bonds is 3. The summed E-state index contributed by atoms with van der Waals surface area (Å²) in [6, 6.07) is 8.18. The van der Waals surface area contributed by atoms with Gasteiger partial charge >= 0.3 is 0 Å². The number of carbonyl (C=O) groups is 1. The van der Waals surface area contributed by atoms with Crippen molar-refractivity contribution in [2.24, 2.45) is 0 Å². The van der Waals surface area contributed by atoms with Crippen molar-refractivity contribution in [3.63, 3.8) is 0 Å². The number of piperidine rings is 1. The summed E-state index contributed by atoms with van der Waals surface area (Å²) in [5.74, 6) is 0.174. The molecule has 1 saturated heterocycles. The summed E-state index contributed by atoms with van der Waals surface area (Å²) in [7, 11) is 1.84. The molecule has 1 N–H and O–H groups in total. The van der Waals surface area contributed by atoms with Crippen molar-refractivity contribution >= 4 is 27.5 Å². The third kappa shape index (κ3) is 3.56. The average molecular weight is 311 g/mol. The van der Waals surface area contributed by atoms with Crippen molar-refractivity contribution in [2.75, 3.05) is 18.5 Å². The molecule has 0 bridgehead atoms. The second-order valence-corrected chi connectivity index (χ2v) is 5.70. The molecule has 0 aliphatic carbocycles. The lowest BCUT2D eigenvalue weighted by Gasteiger charge is -2.25. The molecule has 1 aliphatic rings. The van der Waals surface area contributed by atoms with Gasteiger partial charge in [-0.3, -0.25) is 4.79 Å². The van der Waals surface area contributed by atoms with Crippen LogP contribution in [0, 0.1) is 0 Å². The van der Waals surface area contributed by atoms with Gasteiger partial charge in [-0.15, -0.1) is 0 Å². The van der Waals surface area contributed by atoms with E-state index >= 15 is 0 Å². The van der Waals surface area contributed by atoms with E-state index in [4.69, 9.17) is 0 Å². The van der Waals surface area contributed by atoms with Crippen LogP contribution in [0.3, 0.4) is 0 Å². The fourth-order valence-electron chi connectivity index (χ4n) is 2.27. The quantitative estimate of drug-likeness (QED) is 0.931. The van der Waals surface area contributed by atoms with Crippen molar-refractivity contribution < 1.29 is 4.79 Å². The van der Waals surface area contributed by atoms with Gasteiger partial charge in [0, 0.05) is 29.7 Å². The lowest BCUT2D eigenvalue weighted by molar-refractivity contribution is -0.118. The summed E-state index contributed by atoms with van der Waals surface area (Å²) in [6.07, 6.45) is 4.15. The second-order valence-electron chi connectivity index (χ2n) is 4.78. The fraction of sp³-hybridized carbons (Fsp3) is 0.500. The highest BCUT2D eigenvalue weighted by molar-refractivity contribution is 9.10. The van der Waals surface area contributed by atoms with Gasteiger partial charge < -0.3 is 10.2 Å². The zero-order chi connectivity index (χ0) is 13.0. The molecule has 1 unspecified atom stereocenters. The lowest BCUT2D eigenvalue weighted by Crippen LogP contribution is -2.39. The Kier molecular flexibility index (Phi) is 4.78. The van der Waals surface area contributed by atoms with Crippen molar-refractivity contribution in [3.05, 3.63) is 28.7 Å². The largest absolute Gasteiger partial charge is 0.315 e. The molecule has 1 fully saturated rings. The summed E-state index contributed by atoms with van der Waals surface area (Å²) in [5, 5.41) is 3.41. The molecular weight excluding hydrogens is 292 g/mol. The lowest BCUT2D eigenvalue weighted by atomic mass is 10.0. The number of nitrogens with one attached hydrogen (secondary N) is 1. The molecule has 0 radical (unpaired) electrons. The molecule has 0 spiro atoms. The summed E-state index contributed by atoms with van der Waals surface area (Å²) >= 11 is 3.43. The van der Waals surface area contributed by atoms with Crippen LogP contribution in [-0.2, 0) is 4.79 Å². The van der Waals surface area contributed by atoms with Gasteiger partial charge in [0.15, 0.2) is 0 Å². The maximum atomic E-state index is 12.2. The van der Waals surface area contributed by atoms with Gasteiger partial charge in [0.1, 0.15) is 0 Å². The first-order chi connectivity index (χ1) is 8.66. The molecule has 4 heteroatoms. The fourth-order valence-corrected chi connectivity index (χ4v) is 2.66. The molecule has 18 heavy (non-hydrogen) atoms. The highest BCUT2D eigenvalue weighted by atomic mass is 79.9. The summed E-state index contributed by atoms with van der Waals surface area (Å²) in [5.41, 5.74) is 0.935. The highest BCUT2D eigenvalue weighted by Crippen LogP contribution is 2.20. The molecule has 0 aromatic heterocycles. The molecule has 98 valence electrons. The predicted octanol–water partition coefficient (Wildman–Crippen LogP) is 2.94. The summed E-state index contributed by atoms with van der Waals surface area (Å²) in [6.45, 7) is 1.04. The molecule has 1 amide bonds. The first-order valence-electron chi connectivity index (χ1n) is 6.42. The average Bonchev–Trinajstić information content (AvgIpc) is 2.39. The number of hydrogen-bond acceptors (Lipinski definition) is 2. The van der Waals surface area contributed by atoms with Crippen LogP contribution in [0.2, 0.25) is 0 Å². The van der Waals surface area contributed by atoms with Crippen LogP contribution in [0.4, 0.5) is 5.69 Å². The number of benzene rings is 1. The van der Waals surface area contributed by atoms with Gasteiger partial charge in [-0.1, -0.05) is 28.4 Å². The molecule has 1 aliphatic heterocycles. The first-order valence-corrected chi connectivity index (χ1v) is 7.21. The van der Waals surface area contributed by atoms with Gasteiger partial charge in [0.05, 0.1) is 0 Å². The van der Waals surface area contributed by atoms with Crippen molar-refractivity contribution in [2.45, 2.75) is 31.7 Å². The van der Waals surface area contributed by atoms with Crippen molar-refractivity contribution in [3.8, 4) is 0 Å². The molecule has 0 saturated carbocycles. The second kappa shape index (κ2) is 6.34. The number of anilines is 1. The maximum Gasteiger partial charge on any atom is 0.228 e. The van der Waals surface area contributed by atoms with Gasteiger partial charge in [-0.05, 0) is 37.6 Å². The minimum Gasteiger partial charge on any atom is -0.315 e. The van der Waals surface area contributed by atoms with E-state index in [2.05, 4.69) is 21.2 Å². The Morgan fingerprint density at radius 1 is 1.50 bits per heavy atom. The Balaban J connectivity index is 1.95. The third-order valence-electron chi connectivity index (χ3n) is 3.40. The molecule has 1 aromatic carbocycles. The molecule has 1 atom stereocenters. The van der Waals surface area contributed by atoms with E-state index in [9.17, 15) is 4.79 Å². The SMILES string of the molecule is CN(C(=O)CC1CCCCN1)c1cccc(Br)c1. The minimum absolute atomic E-state index is 0.174. The van der Waals surface area contributed by atoms with Crippen molar-refractivity contribution in [1.82, 2.24) is 5.32 Å². The Morgan fingerprint density at radius 3 is 3.00 bits per heavy atom. The number of hydrogen-bond donors (Lipinski definition) is 1. The monoisotopic (exact) mass is 310 g/mol.